The fourth-order valence-electron chi connectivity index (χ4n) is 2.73. The number of hydrogen-bond acceptors (Lipinski definition) is 9. The maximum atomic E-state index is 6.15. The lowest BCUT2D eigenvalue weighted by Gasteiger charge is -2.12. The van der Waals surface area contributed by atoms with E-state index in [-0.39, 0.29) is 0 Å². The standard InChI is InChI=1S/C21H15N5OS3/c1-13-11-29-21(25-13)26-19-17(27-14-5-3-2-4-6-14)9-15(10-22-19)30-20-18-16(7-8-28-18)23-12-24-20/h2-12H,1H3,(H,22,25,26). The number of hydrogen-bond donors (Lipinski definition) is 1. The number of thiazole rings is 1. The Hall–Kier alpha value is -3.01. The molecule has 0 atom stereocenters. The molecule has 5 aromatic rings. The van der Waals surface area contributed by atoms with Crippen LogP contribution in [0.3, 0.4) is 0 Å². The summed E-state index contributed by atoms with van der Waals surface area (Å²) >= 11 is 4.70. The number of rotatable bonds is 6. The Labute approximate surface area is 185 Å². The van der Waals surface area contributed by atoms with Crippen molar-refractivity contribution in [2.24, 2.45) is 0 Å². The molecule has 0 unspecified atom stereocenters. The molecule has 0 radical (unpaired) electrons. The largest absolute Gasteiger partial charge is 0.453 e. The average molecular weight is 450 g/mol. The summed E-state index contributed by atoms with van der Waals surface area (Å²) in [5.41, 5.74) is 1.91. The molecule has 4 heterocycles. The van der Waals surface area contributed by atoms with Gasteiger partial charge in [0.2, 0.25) is 0 Å². The van der Waals surface area contributed by atoms with E-state index in [1.165, 1.54) is 11.3 Å². The number of aromatic nitrogens is 4. The van der Waals surface area contributed by atoms with Crippen molar-refractivity contribution in [3.8, 4) is 11.5 Å². The molecule has 0 aliphatic carbocycles. The summed E-state index contributed by atoms with van der Waals surface area (Å²) in [7, 11) is 0. The van der Waals surface area contributed by atoms with E-state index >= 15 is 0 Å². The molecule has 0 saturated carbocycles. The van der Waals surface area contributed by atoms with Crippen molar-refractivity contribution in [2.45, 2.75) is 16.8 Å². The Bertz CT molecular complexity index is 1300. The van der Waals surface area contributed by atoms with Crippen LogP contribution in [-0.2, 0) is 0 Å². The van der Waals surface area contributed by atoms with Gasteiger partial charge in [0.05, 0.1) is 15.9 Å². The van der Waals surface area contributed by atoms with Crippen molar-refractivity contribution in [3.63, 3.8) is 0 Å². The van der Waals surface area contributed by atoms with Gasteiger partial charge in [-0.2, -0.15) is 0 Å². The third-order valence-corrected chi connectivity index (χ3v) is 6.94. The van der Waals surface area contributed by atoms with E-state index < -0.39 is 0 Å². The fraction of sp³-hybridized carbons (Fsp3) is 0.0476. The monoisotopic (exact) mass is 449 g/mol. The summed E-state index contributed by atoms with van der Waals surface area (Å²) in [4.78, 5) is 18.8. The molecule has 0 spiro atoms. The number of anilines is 2. The SMILES string of the molecule is Cc1csc(Nc2ncc(Sc3ncnc4ccsc34)cc2Oc2ccccc2)n1. The Morgan fingerprint density at radius 1 is 1.03 bits per heavy atom. The van der Waals surface area contributed by atoms with E-state index in [0.29, 0.717) is 11.6 Å². The van der Waals surface area contributed by atoms with Gasteiger partial charge in [-0.15, -0.1) is 22.7 Å². The van der Waals surface area contributed by atoms with Crippen molar-refractivity contribution in [1.29, 1.82) is 0 Å². The molecule has 0 fully saturated rings. The maximum absolute atomic E-state index is 6.15. The number of nitrogens with zero attached hydrogens (tertiary/aromatic N) is 4. The van der Waals surface area contributed by atoms with Gasteiger partial charge in [0.15, 0.2) is 16.7 Å². The van der Waals surface area contributed by atoms with Gasteiger partial charge in [0.25, 0.3) is 0 Å². The predicted molar refractivity (Wildman–Crippen MR) is 122 cm³/mol. The first-order chi connectivity index (χ1) is 14.7. The van der Waals surface area contributed by atoms with Crippen molar-refractivity contribution in [3.05, 3.63) is 71.4 Å². The van der Waals surface area contributed by atoms with Crippen molar-refractivity contribution < 1.29 is 4.74 Å². The Balaban J connectivity index is 1.49. The van der Waals surface area contributed by atoms with Crippen LogP contribution >= 0.6 is 34.4 Å². The minimum Gasteiger partial charge on any atom is -0.453 e. The Morgan fingerprint density at radius 3 is 2.77 bits per heavy atom. The van der Waals surface area contributed by atoms with Gasteiger partial charge in [-0.3, -0.25) is 0 Å². The van der Waals surface area contributed by atoms with Crippen LogP contribution in [0.5, 0.6) is 11.5 Å². The third kappa shape index (κ3) is 4.13. The molecule has 6 nitrogen and oxygen atoms in total. The normalized spacial score (nSPS) is 11.0. The lowest BCUT2D eigenvalue weighted by atomic mass is 10.3. The summed E-state index contributed by atoms with van der Waals surface area (Å²) in [6.45, 7) is 1.96. The predicted octanol–water partition coefficient (Wildman–Crippen LogP) is 6.54. The quantitative estimate of drug-likeness (QED) is 0.295. The summed E-state index contributed by atoms with van der Waals surface area (Å²) < 4.78 is 7.21. The number of thiophene rings is 1. The molecule has 1 N–H and O–H groups in total. The zero-order valence-electron chi connectivity index (χ0n) is 15.8. The van der Waals surface area contributed by atoms with Gasteiger partial charge in [-0.05, 0) is 30.5 Å². The van der Waals surface area contributed by atoms with Crippen molar-refractivity contribution in [1.82, 2.24) is 19.9 Å². The van der Waals surface area contributed by atoms with E-state index in [1.54, 1.807) is 29.4 Å². The number of pyridine rings is 1. The average Bonchev–Trinajstić information content (AvgIpc) is 3.40. The smallest absolute Gasteiger partial charge is 0.188 e. The lowest BCUT2D eigenvalue weighted by molar-refractivity contribution is 0.481. The van der Waals surface area contributed by atoms with Gasteiger partial charge in [0.1, 0.15) is 17.1 Å². The maximum Gasteiger partial charge on any atom is 0.188 e. The molecule has 0 bridgehead atoms. The molecule has 4 aromatic heterocycles. The van der Waals surface area contributed by atoms with Gasteiger partial charge >= 0.3 is 0 Å². The zero-order chi connectivity index (χ0) is 20.3. The molecular formula is C21H15N5OS3. The topological polar surface area (TPSA) is 72.8 Å². The second-order valence-corrected chi connectivity index (χ2v) is 9.10. The fourth-order valence-corrected chi connectivity index (χ4v) is 5.21. The highest BCUT2D eigenvalue weighted by Gasteiger charge is 2.13. The van der Waals surface area contributed by atoms with Crippen molar-refractivity contribution in [2.75, 3.05) is 5.32 Å². The van der Waals surface area contributed by atoms with Crippen LogP contribution in [0.15, 0.2) is 75.7 Å². The molecule has 148 valence electrons. The second kappa shape index (κ2) is 8.39. The van der Waals surface area contributed by atoms with E-state index in [0.717, 1.165) is 36.7 Å². The minimum absolute atomic E-state index is 0.613. The van der Waals surface area contributed by atoms with Crippen LogP contribution in [0.2, 0.25) is 0 Å². The molecular weight excluding hydrogens is 434 g/mol. The molecule has 30 heavy (non-hydrogen) atoms. The van der Waals surface area contributed by atoms with Crippen LogP contribution in [-0.4, -0.2) is 19.9 Å². The zero-order valence-corrected chi connectivity index (χ0v) is 18.2. The van der Waals surface area contributed by atoms with E-state index in [4.69, 9.17) is 4.74 Å². The third-order valence-electron chi connectivity index (χ3n) is 4.07. The summed E-state index contributed by atoms with van der Waals surface area (Å²) in [5.74, 6) is 1.97. The highest BCUT2D eigenvalue weighted by Crippen LogP contribution is 2.38. The molecule has 9 heteroatoms. The molecule has 0 saturated heterocycles. The first-order valence-electron chi connectivity index (χ1n) is 9.03. The first kappa shape index (κ1) is 19.0. The van der Waals surface area contributed by atoms with Crippen LogP contribution < -0.4 is 10.1 Å². The van der Waals surface area contributed by atoms with E-state index in [1.807, 2.05) is 66.3 Å². The number of benzene rings is 1. The Morgan fingerprint density at radius 2 is 1.93 bits per heavy atom. The minimum atomic E-state index is 0.613. The van der Waals surface area contributed by atoms with Gasteiger partial charge in [-0.1, -0.05) is 30.0 Å². The Kier molecular flexibility index (Phi) is 5.31. The van der Waals surface area contributed by atoms with Crippen LogP contribution in [0.1, 0.15) is 5.69 Å². The van der Waals surface area contributed by atoms with Crippen LogP contribution in [0.4, 0.5) is 10.9 Å². The number of aryl methyl sites for hydroxylation is 1. The highest BCUT2D eigenvalue weighted by molar-refractivity contribution is 7.99. The number of fused-ring (bicyclic) bond motifs is 1. The van der Waals surface area contributed by atoms with Crippen LogP contribution in [0, 0.1) is 6.92 Å². The van der Waals surface area contributed by atoms with Gasteiger partial charge in [0, 0.05) is 22.5 Å². The molecule has 5 rings (SSSR count). The van der Waals surface area contributed by atoms with E-state index in [9.17, 15) is 0 Å². The van der Waals surface area contributed by atoms with Gasteiger partial charge < -0.3 is 10.1 Å². The van der Waals surface area contributed by atoms with Crippen LogP contribution in [0.25, 0.3) is 10.2 Å². The number of para-hydroxylation sites is 1. The molecule has 0 aliphatic heterocycles. The second-order valence-electron chi connectivity index (χ2n) is 6.27. The van der Waals surface area contributed by atoms with Crippen molar-refractivity contribution >= 4 is 55.6 Å². The first-order valence-corrected chi connectivity index (χ1v) is 11.6. The summed E-state index contributed by atoms with van der Waals surface area (Å²) in [5, 5.41) is 8.96. The molecule has 1 aromatic carbocycles. The number of ether oxygens (including phenoxy) is 1. The number of nitrogens with one attached hydrogen (secondary N) is 1. The van der Waals surface area contributed by atoms with Gasteiger partial charge in [-0.25, -0.2) is 19.9 Å². The lowest BCUT2D eigenvalue weighted by Crippen LogP contribution is -1.98. The molecule has 0 amide bonds. The summed E-state index contributed by atoms with van der Waals surface area (Å²) in [6, 6.07) is 13.6. The highest BCUT2D eigenvalue weighted by atomic mass is 32.2. The summed E-state index contributed by atoms with van der Waals surface area (Å²) in [6.07, 6.45) is 3.40. The van der Waals surface area contributed by atoms with E-state index in [2.05, 4.69) is 25.3 Å². The molecule has 0 aliphatic rings.